The molecule has 8 heteroatoms. The van der Waals surface area contributed by atoms with Crippen molar-refractivity contribution in [1.29, 1.82) is 0 Å². The summed E-state index contributed by atoms with van der Waals surface area (Å²) in [6, 6.07) is 12.0. The first-order chi connectivity index (χ1) is 13.7. The summed E-state index contributed by atoms with van der Waals surface area (Å²) in [6.07, 6.45) is 1.93. The van der Waals surface area contributed by atoms with E-state index in [0.29, 0.717) is 36.1 Å². The molecule has 6 nitrogen and oxygen atoms in total. The van der Waals surface area contributed by atoms with Crippen LogP contribution in [0.15, 0.2) is 52.4 Å². The van der Waals surface area contributed by atoms with Crippen molar-refractivity contribution in [3.8, 4) is 0 Å². The second kappa shape index (κ2) is 10.4. The Morgan fingerprint density at radius 1 is 1.07 bits per heavy atom. The molecule has 2 N–H and O–H groups in total. The van der Waals surface area contributed by atoms with Gasteiger partial charge in [-0.2, -0.15) is 0 Å². The third-order valence-electron chi connectivity index (χ3n) is 4.34. The van der Waals surface area contributed by atoms with Gasteiger partial charge in [0.15, 0.2) is 15.8 Å². The predicted molar refractivity (Wildman–Crippen MR) is 115 cm³/mol. The Morgan fingerprint density at radius 3 is 2.31 bits per heavy atom. The highest BCUT2D eigenvalue weighted by atomic mass is 32.2. The Labute approximate surface area is 172 Å². The number of hydrogen-bond donors (Lipinski definition) is 2. The second-order valence-corrected chi connectivity index (χ2v) is 9.20. The fourth-order valence-corrected chi connectivity index (χ4v) is 3.47. The average Bonchev–Trinajstić information content (AvgIpc) is 2.66. The van der Waals surface area contributed by atoms with Gasteiger partial charge in [0.2, 0.25) is 0 Å². The third kappa shape index (κ3) is 7.47. The molecule has 0 aliphatic carbocycles. The zero-order chi connectivity index (χ0) is 21.4. The van der Waals surface area contributed by atoms with Gasteiger partial charge >= 0.3 is 0 Å². The summed E-state index contributed by atoms with van der Waals surface area (Å²) in [5.41, 5.74) is 2.67. The molecule has 0 amide bonds. The number of nitrogens with one attached hydrogen (secondary N) is 2. The monoisotopic (exact) mass is 420 g/mol. The van der Waals surface area contributed by atoms with E-state index in [1.807, 2.05) is 37.2 Å². The number of sulfone groups is 1. The number of benzene rings is 2. The van der Waals surface area contributed by atoms with Crippen LogP contribution in [0.3, 0.4) is 0 Å². The summed E-state index contributed by atoms with van der Waals surface area (Å²) in [6.45, 7) is 1.72. The van der Waals surface area contributed by atoms with Gasteiger partial charge in [-0.15, -0.1) is 0 Å². The van der Waals surface area contributed by atoms with Crippen LogP contribution in [-0.2, 0) is 29.3 Å². The van der Waals surface area contributed by atoms with Crippen LogP contribution >= 0.6 is 0 Å². The van der Waals surface area contributed by atoms with Gasteiger partial charge < -0.3 is 15.5 Å². The lowest BCUT2D eigenvalue weighted by molar-refractivity contribution is 0.392. The molecular formula is C21H29FN4O2S. The molecule has 2 rings (SSSR count). The molecule has 0 fully saturated rings. The molecule has 158 valence electrons. The summed E-state index contributed by atoms with van der Waals surface area (Å²) in [7, 11) is 2.33. The summed E-state index contributed by atoms with van der Waals surface area (Å²) < 4.78 is 36.9. The lowest BCUT2D eigenvalue weighted by Crippen LogP contribution is -2.37. The quantitative estimate of drug-likeness (QED) is 0.506. The van der Waals surface area contributed by atoms with Gasteiger partial charge in [-0.1, -0.05) is 18.2 Å². The molecule has 0 bridgehead atoms. The van der Waals surface area contributed by atoms with E-state index >= 15 is 0 Å². The van der Waals surface area contributed by atoms with Crippen LogP contribution in [0.4, 0.5) is 4.39 Å². The van der Waals surface area contributed by atoms with Crippen molar-refractivity contribution in [1.82, 2.24) is 15.5 Å². The van der Waals surface area contributed by atoms with Gasteiger partial charge in [0.1, 0.15) is 5.82 Å². The van der Waals surface area contributed by atoms with Crippen molar-refractivity contribution in [2.45, 2.75) is 24.4 Å². The Kier molecular flexibility index (Phi) is 8.16. The highest BCUT2D eigenvalue weighted by Crippen LogP contribution is 2.12. The van der Waals surface area contributed by atoms with Gasteiger partial charge in [-0.3, -0.25) is 4.99 Å². The van der Waals surface area contributed by atoms with Gasteiger partial charge in [-0.25, -0.2) is 12.8 Å². The molecule has 0 saturated carbocycles. The SMILES string of the molecule is CN=C(NCCc1ccc(S(C)(=O)=O)cc1)NCc1ccc(F)c(CN(C)C)c1. The number of nitrogens with zero attached hydrogens (tertiary/aromatic N) is 2. The summed E-state index contributed by atoms with van der Waals surface area (Å²) >= 11 is 0. The van der Waals surface area contributed by atoms with Crippen LogP contribution in [0.5, 0.6) is 0 Å². The molecule has 0 atom stereocenters. The van der Waals surface area contributed by atoms with Gasteiger partial charge in [0.25, 0.3) is 0 Å². The number of halogens is 1. The maximum atomic E-state index is 13.9. The Balaban J connectivity index is 1.85. The molecule has 0 aliphatic heterocycles. The van der Waals surface area contributed by atoms with E-state index in [1.54, 1.807) is 25.2 Å². The summed E-state index contributed by atoms with van der Waals surface area (Å²) in [5, 5.41) is 6.45. The zero-order valence-corrected chi connectivity index (χ0v) is 18.2. The van der Waals surface area contributed by atoms with E-state index in [-0.39, 0.29) is 5.82 Å². The minimum absolute atomic E-state index is 0.202. The molecule has 0 aliphatic rings. The lowest BCUT2D eigenvalue weighted by Gasteiger charge is -2.14. The molecule has 2 aromatic carbocycles. The third-order valence-corrected chi connectivity index (χ3v) is 5.47. The minimum Gasteiger partial charge on any atom is -0.356 e. The smallest absolute Gasteiger partial charge is 0.191 e. The highest BCUT2D eigenvalue weighted by molar-refractivity contribution is 7.90. The first-order valence-corrected chi connectivity index (χ1v) is 11.2. The maximum absolute atomic E-state index is 13.9. The van der Waals surface area contributed by atoms with Gasteiger partial charge in [0, 0.05) is 38.5 Å². The summed E-state index contributed by atoms with van der Waals surface area (Å²) in [4.78, 5) is 6.45. The molecule has 29 heavy (non-hydrogen) atoms. The molecule has 2 aromatic rings. The van der Waals surface area contributed by atoms with Crippen molar-refractivity contribution >= 4 is 15.8 Å². The molecule has 0 radical (unpaired) electrons. The minimum atomic E-state index is -3.17. The van der Waals surface area contributed by atoms with Crippen LogP contribution in [0.1, 0.15) is 16.7 Å². The maximum Gasteiger partial charge on any atom is 0.191 e. The van der Waals surface area contributed by atoms with E-state index in [0.717, 1.165) is 17.5 Å². The van der Waals surface area contributed by atoms with Crippen molar-refractivity contribution in [3.63, 3.8) is 0 Å². The molecule has 0 saturated heterocycles. The van der Waals surface area contributed by atoms with E-state index in [9.17, 15) is 12.8 Å². The fourth-order valence-electron chi connectivity index (χ4n) is 2.83. The topological polar surface area (TPSA) is 73.8 Å². The molecule has 0 heterocycles. The number of guanidine groups is 1. The largest absolute Gasteiger partial charge is 0.356 e. The van der Waals surface area contributed by atoms with Crippen molar-refractivity contribution in [3.05, 3.63) is 65.0 Å². The van der Waals surface area contributed by atoms with Crippen LogP contribution in [-0.4, -0.2) is 53.2 Å². The molecule has 0 spiro atoms. The van der Waals surface area contributed by atoms with Crippen LogP contribution in [0, 0.1) is 5.82 Å². The summed E-state index contributed by atoms with van der Waals surface area (Å²) in [5.74, 6) is 0.447. The van der Waals surface area contributed by atoms with Gasteiger partial charge in [-0.05, 0) is 55.9 Å². The zero-order valence-electron chi connectivity index (χ0n) is 17.4. The van der Waals surface area contributed by atoms with E-state index in [4.69, 9.17) is 0 Å². The molecule has 0 unspecified atom stereocenters. The standard InChI is InChI=1S/C21H29FN4O2S/c1-23-21(24-12-11-16-5-8-19(9-6-16)29(4,27)28)25-14-17-7-10-20(22)18(13-17)15-26(2)3/h5-10,13H,11-12,14-15H2,1-4H3,(H2,23,24,25). The number of aliphatic imine (C=N–C) groups is 1. The Bertz CT molecular complexity index is 942. The van der Waals surface area contributed by atoms with Gasteiger partial charge in [0.05, 0.1) is 4.90 Å². The van der Waals surface area contributed by atoms with E-state index in [1.165, 1.54) is 12.3 Å². The normalized spacial score (nSPS) is 12.3. The van der Waals surface area contributed by atoms with Crippen LogP contribution < -0.4 is 10.6 Å². The second-order valence-electron chi connectivity index (χ2n) is 7.18. The van der Waals surface area contributed by atoms with Crippen molar-refractivity contribution in [2.24, 2.45) is 4.99 Å². The number of hydrogen-bond acceptors (Lipinski definition) is 4. The fraction of sp³-hybridized carbons (Fsp3) is 0.381. The Hall–Kier alpha value is -2.45. The molecule has 0 aromatic heterocycles. The lowest BCUT2D eigenvalue weighted by atomic mass is 10.1. The first kappa shape index (κ1) is 22.8. The van der Waals surface area contributed by atoms with E-state index < -0.39 is 9.84 Å². The number of rotatable bonds is 8. The Morgan fingerprint density at radius 2 is 1.72 bits per heavy atom. The average molecular weight is 421 g/mol. The molecular weight excluding hydrogens is 391 g/mol. The van der Waals surface area contributed by atoms with E-state index in [2.05, 4.69) is 15.6 Å². The first-order valence-electron chi connectivity index (χ1n) is 9.34. The predicted octanol–water partition coefficient (Wildman–Crippen LogP) is 2.20. The van der Waals surface area contributed by atoms with Crippen molar-refractivity contribution < 1.29 is 12.8 Å². The van der Waals surface area contributed by atoms with Crippen LogP contribution in [0.2, 0.25) is 0 Å². The van der Waals surface area contributed by atoms with Crippen LogP contribution in [0.25, 0.3) is 0 Å². The van der Waals surface area contributed by atoms with Crippen molar-refractivity contribution in [2.75, 3.05) is 33.9 Å². The highest BCUT2D eigenvalue weighted by Gasteiger charge is 2.07.